The third-order valence-corrected chi connectivity index (χ3v) is 4.02. The van der Waals surface area contributed by atoms with Crippen molar-refractivity contribution in [3.63, 3.8) is 0 Å². The van der Waals surface area contributed by atoms with E-state index < -0.39 is 0 Å². The molecule has 1 aromatic heterocycles. The van der Waals surface area contributed by atoms with Gasteiger partial charge in [0.2, 0.25) is 5.91 Å². The monoisotopic (exact) mass is 331 g/mol. The van der Waals surface area contributed by atoms with Crippen LogP contribution < -0.4 is 10.6 Å². The fourth-order valence-electron chi connectivity index (χ4n) is 2.09. The molecule has 2 aromatic rings. The average molecular weight is 331 g/mol. The van der Waals surface area contributed by atoms with Gasteiger partial charge in [-0.15, -0.1) is 11.3 Å². The van der Waals surface area contributed by atoms with Crippen molar-refractivity contribution >= 4 is 28.1 Å². The molecule has 0 unspecified atom stereocenters. The lowest BCUT2D eigenvalue weighted by Crippen LogP contribution is -2.13. The molecule has 4 nitrogen and oxygen atoms in total. The number of hydrogen-bond acceptors (Lipinski definition) is 4. The Hall–Kier alpha value is -1.88. The van der Waals surface area contributed by atoms with Crippen LogP contribution in [-0.2, 0) is 4.79 Å². The first-order valence-corrected chi connectivity index (χ1v) is 8.91. The molecular formula is C18H25N3OS. The van der Waals surface area contributed by atoms with Gasteiger partial charge in [0.05, 0.1) is 5.69 Å². The van der Waals surface area contributed by atoms with Crippen LogP contribution in [0.3, 0.4) is 0 Å². The summed E-state index contributed by atoms with van der Waals surface area (Å²) in [6.45, 7) is 9.35. The molecule has 0 aliphatic rings. The number of nitrogens with one attached hydrogen (secondary N) is 2. The predicted octanol–water partition coefficient (Wildman–Crippen LogP) is 4.86. The summed E-state index contributed by atoms with van der Waals surface area (Å²) in [5.74, 6) is 1.01. The van der Waals surface area contributed by atoms with Crippen LogP contribution in [0.1, 0.15) is 34.1 Å². The van der Waals surface area contributed by atoms with Gasteiger partial charge in [0.1, 0.15) is 0 Å². The normalized spacial score (nSPS) is 11.0. The summed E-state index contributed by atoms with van der Waals surface area (Å²) in [4.78, 5) is 16.4. The van der Waals surface area contributed by atoms with Crippen molar-refractivity contribution < 1.29 is 4.79 Å². The summed E-state index contributed by atoms with van der Waals surface area (Å²) in [5, 5.41) is 9.26. The molecule has 0 fully saturated rings. The lowest BCUT2D eigenvalue weighted by Gasteiger charge is -2.07. The number of hydrogen-bond donors (Lipinski definition) is 2. The van der Waals surface area contributed by atoms with Gasteiger partial charge >= 0.3 is 0 Å². The van der Waals surface area contributed by atoms with Crippen molar-refractivity contribution in [2.24, 2.45) is 11.8 Å². The second-order valence-corrected chi connectivity index (χ2v) is 7.39. The van der Waals surface area contributed by atoms with Gasteiger partial charge in [-0.2, -0.15) is 0 Å². The molecule has 0 saturated heterocycles. The van der Waals surface area contributed by atoms with Crippen molar-refractivity contribution in [3.8, 4) is 11.3 Å². The van der Waals surface area contributed by atoms with Gasteiger partial charge in [-0.25, -0.2) is 4.98 Å². The van der Waals surface area contributed by atoms with Gasteiger partial charge in [0.15, 0.2) is 5.13 Å². The van der Waals surface area contributed by atoms with E-state index >= 15 is 0 Å². The highest BCUT2D eigenvalue weighted by Gasteiger charge is 2.07. The molecule has 23 heavy (non-hydrogen) atoms. The van der Waals surface area contributed by atoms with Gasteiger partial charge in [0, 0.05) is 29.6 Å². The third kappa shape index (κ3) is 5.67. The zero-order valence-electron chi connectivity index (χ0n) is 14.2. The van der Waals surface area contributed by atoms with E-state index in [0.717, 1.165) is 28.6 Å². The van der Waals surface area contributed by atoms with Crippen molar-refractivity contribution in [1.29, 1.82) is 0 Å². The van der Waals surface area contributed by atoms with Gasteiger partial charge in [-0.3, -0.25) is 4.79 Å². The second-order valence-electron chi connectivity index (χ2n) is 6.54. The van der Waals surface area contributed by atoms with E-state index in [4.69, 9.17) is 0 Å². The lowest BCUT2D eigenvalue weighted by atomic mass is 10.1. The molecule has 0 saturated carbocycles. The number of thiazole rings is 1. The Morgan fingerprint density at radius 2 is 1.83 bits per heavy atom. The molecule has 0 aliphatic carbocycles. The standard InChI is InChI=1S/C18H25N3OS/c1-12(2)9-17(22)20-15-7-5-14(6-8-15)16-11-23-18(21-16)19-10-13(3)4/h5-8,11-13H,9-10H2,1-4H3,(H,19,21)(H,20,22). The van der Waals surface area contributed by atoms with Gasteiger partial charge in [-0.05, 0) is 24.0 Å². The first-order valence-electron chi connectivity index (χ1n) is 8.03. The van der Waals surface area contributed by atoms with Crippen LogP contribution in [0.4, 0.5) is 10.8 Å². The molecule has 0 atom stereocenters. The molecular weight excluding hydrogens is 306 g/mol. The smallest absolute Gasteiger partial charge is 0.224 e. The van der Waals surface area contributed by atoms with Crippen molar-refractivity contribution in [2.45, 2.75) is 34.1 Å². The molecule has 1 heterocycles. The minimum absolute atomic E-state index is 0.0570. The number of carbonyl (C=O) groups is 1. The summed E-state index contributed by atoms with van der Waals surface area (Å²) in [5.41, 5.74) is 2.84. The summed E-state index contributed by atoms with van der Waals surface area (Å²) in [6.07, 6.45) is 0.540. The quantitative estimate of drug-likeness (QED) is 0.761. The molecule has 0 aliphatic heterocycles. The SMILES string of the molecule is CC(C)CNc1nc(-c2ccc(NC(=O)CC(C)C)cc2)cs1. The van der Waals surface area contributed by atoms with Gasteiger partial charge in [0.25, 0.3) is 0 Å². The Kier molecular flexibility index (Phi) is 6.16. The molecule has 1 amide bonds. The Balaban J connectivity index is 1.98. The Morgan fingerprint density at radius 3 is 2.43 bits per heavy atom. The van der Waals surface area contributed by atoms with Gasteiger partial charge in [-0.1, -0.05) is 39.8 Å². The number of anilines is 2. The van der Waals surface area contributed by atoms with Crippen molar-refractivity contribution in [3.05, 3.63) is 29.6 Å². The molecule has 124 valence electrons. The predicted molar refractivity (Wildman–Crippen MR) is 99.0 cm³/mol. The van der Waals surface area contributed by atoms with E-state index in [-0.39, 0.29) is 5.91 Å². The van der Waals surface area contributed by atoms with E-state index in [1.807, 2.05) is 38.1 Å². The molecule has 0 bridgehead atoms. The number of rotatable bonds is 7. The maximum Gasteiger partial charge on any atom is 0.224 e. The molecule has 1 aromatic carbocycles. The maximum absolute atomic E-state index is 11.8. The molecule has 2 N–H and O–H groups in total. The number of benzene rings is 1. The van der Waals surface area contributed by atoms with Crippen LogP contribution in [0.5, 0.6) is 0 Å². The van der Waals surface area contributed by atoms with Gasteiger partial charge < -0.3 is 10.6 Å². The summed E-state index contributed by atoms with van der Waals surface area (Å²) in [7, 11) is 0. The maximum atomic E-state index is 11.8. The number of carbonyl (C=O) groups excluding carboxylic acids is 1. The van der Waals surface area contributed by atoms with Crippen molar-refractivity contribution in [1.82, 2.24) is 4.98 Å². The van der Waals surface area contributed by atoms with Crippen LogP contribution in [0.2, 0.25) is 0 Å². The summed E-state index contributed by atoms with van der Waals surface area (Å²) < 4.78 is 0. The van der Waals surface area contributed by atoms with Crippen LogP contribution in [-0.4, -0.2) is 17.4 Å². The number of amides is 1. The third-order valence-electron chi connectivity index (χ3n) is 3.22. The average Bonchev–Trinajstić information content (AvgIpc) is 2.94. The minimum atomic E-state index is 0.0570. The Labute approximate surface area is 142 Å². The zero-order chi connectivity index (χ0) is 16.8. The number of nitrogens with zero attached hydrogens (tertiary/aromatic N) is 1. The summed E-state index contributed by atoms with van der Waals surface area (Å²) >= 11 is 1.62. The minimum Gasteiger partial charge on any atom is -0.361 e. The second kappa shape index (κ2) is 8.11. The highest BCUT2D eigenvalue weighted by Crippen LogP contribution is 2.26. The van der Waals surface area contributed by atoms with Crippen LogP contribution in [0.25, 0.3) is 11.3 Å². The topological polar surface area (TPSA) is 54.0 Å². The van der Waals surface area contributed by atoms with E-state index in [1.165, 1.54) is 0 Å². The number of aromatic nitrogens is 1. The first kappa shape index (κ1) is 17.5. The van der Waals surface area contributed by atoms with Crippen LogP contribution in [0, 0.1) is 11.8 Å². The highest BCUT2D eigenvalue weighted by molar-refractivity contribution is 7.14. The zero-order valence-corrected chi connectivity index (χ0v) is 15.0. The molecule has 5 heteroatoms. The lowest BCUT2D eigenvalue weighted by molar-refractivity contribution is -0.116. The van der Waals surface area contributed by atoms with E-state index in [2.05, 4.69) is 34.8 Å². The molecule has 0 spiro atoms. The highest BCUT2D eigenvalue weighted by atomic mass is 32.1. The van der Waals surface area contributed by atoms with Crippen LogP contribution >= 0.6 is 11.3 Å². The Morgan fingerprint density at radius 1 is 1.13 bits per heavy atom. The van der Waals surface area contributed by atoms with Crippen LogP contribution in [0.15, 0.2) is 29.6 Å². The van der Waals surface area contributed by atoms with E-state index in [9.17, 15) is 4.79 Å². The first-order chi connectivity index (χ1) is 10.9. The molecule has 2 rings (SSSR count). The molecule has 0 radical (unpaired) electrons. The largest absolute Gasteiger partial charge is 0.361 e. The van der Waals surface area contributed by atoms with E-state index in [1.54, 1.807) is 11.3 Å². The van der Waals surface area contributed by atoms with E-state index in [0.29, 0.717) is 18.3 Å². The fraction of sp³-hybridized carbons (Fsp3) is 0.444. The summed E-state index contributed by atoms with van der Waals surface area (Å²) in [6, 6.07) is 7.83. The fourth-order valence-corrected chi connectivity index (χ4v) is 2.82. The Bertz CT molecular complexity index is 632. The van der Waals surface area contributed by atoms with Crippen molar-refractivity contribution in [2.75, 3.05) is 17.2 Å².